The van der Waals surface area contributed by atoms with Gasteiger partial charge in [0.05, 0.1) is 22.3 Å². The number of hydrogen-bond donors (Lipinski definition) is 1. The second kappa shape index (κ2) is 10.1. The number of carbonyl (C=O) groups excluding carboxylic acids is 2. The van der Waals surface area contributed by atoms with Crippen LogP contribution in [0.25, 0.3) is 16.6 Å². The molecule has 0 radical (unpaired) electrons. The zero-order valence-corrected chi connectivity index (χ0v) is 19.7. The van der Waals surface area contributed by atoms with E-state index in [1.807, 2.05) is 0 Å². The predicted octanol–water partition coefficient (Wildman–Crippen LogP) is 6.40. The molecule has 0 atom stereocenters. The van der Waals surface area contributed by atoms with Gasteiger partial charge in [-0.25, -0.2) is 13.5 Å². The van der Waals surface area contributed by atoms with Crippen molar-refractivity contribution in [3.63, 3.8) is 0 Å². The zero-order chi connectivity index (χ0) is 26.9. The minimum Gasteiger partial charge on any atom is -0.322 e. The third-order valence-electron chi connectivity index (χ3n) is 5.67. The third kappa shape index (κ3) is 5.82. The van der Waals surface area contributed by atoms with Gasteiger partial charge < -0.3 is 5.32 Å². The summed E-state index contributed by atoms with van der Waals surface area (Å²) in [5, 5.41) is 7.44. The van der Waals surface area contributed by atoms with Crippen molar-refractivity contribution in [2.45, 2.75) is 32.9 Å². The predicted molar refractivity (Wildman–Crippen MR) is 127 cm³/mol. The van der Waals surface area contributed by atoms with Crippen LogP contribution >= 0.6 is 0 Å². The fourth-order valence-corrected chi connectivity index (χ4v) is 3.61. The molecule has 0 bridgehead atoms. The molecule has 0 unspecified atom stereocenters. The van der Waals surface area contributed by atoms with E-state index < -0.39 is 29.8 Å². The number of nitrogens with one attached hydrogen (secondary N) is 1. The number of aromatic nitrogens is 3. The highest BCUT2D eigenvalue weighted by molar-refractivity contribution is 6.06. The summed E-state index contributed by atoms with van der Waals surface area (Å²) >= 11 is 0. The smallest absolute Gasteiger partial charge is 0.322 e. The maximum absolute atomic E-state index is 13.5. The summed E-state index contributed by atoms with van der Waals surface area (Å²) < 4.78 is 66.9. The Hall–Kier alpha value is -4.15. The summed E-state index contributed by atoms with van der Waals surface area (Å²) in [4.78, 5) is 28.7. The highest BCUT2D eigenvalue weighted by Gasteiger charge is 2.30. The summed E-state index contributed by atoms with van der Waals surface area (Å²) in [6.45, 7) is 3.43. The molecule has 1 N–H and O–H groups in total. The lowest BCUT2D eigenvalue weighted by Crippen LogP contribution is -2.17. The molecule has 4 aromatic rings. The van der Waals surface area contributed by atoms with Crippen molar-refractivity contribution < 1.29 is 31.5 Å². The standard InChI is InChI=1S/C26H21F5N4O2/c1-14(2)22(36)10-15-9-20(23(24(27)28)32-12-15)25(37)33-18-5-8-21-16(11-18)13-35(34-21)19-6-3-17(4-7-19)26(29,30)31/h3-9,11-14,24H,10H2,1-2H3,(H,33,37). The van der Waals surface area contributed by atoms with Gasteiger partial charge in [-0.3, -0.25) is 14.6 Å². The highest BCUT2D eigenvalue weighted by Crippen LogP contribution is 2.30. The molecule has 2 heterocycles. The van der Waals surface area contributed by atoms with Gasteiger partial charge in [0.2, 0.25) is 0 Å². The summed E-state index contributed by atoms with van der Waals surface area (Å²) in [5.41, 5.74) is -0.292. The molecule has 4 rings (SSSR count). The number of amides is 1. The molecule has 6 nitrogen and oxygen atoms in total. The summed E-state index contributed by atoms with van der Waals surface area (Å²) in [7, 11) is 0. The fourth-order valence-electron chi connectivity index (χ4n) is 3.61. The number of fused-ring (bicyclic) bond motifs is 1. The summed E-state index contributed by atoms with van der Waals surface area (Å²) in [6, 6.07) is 10.4. The lowest BCUT2D eigenvalue weighted by atomic mass is 10.0. The number of hydrogen-bond acceptors (Lipinski definition) is 4. The number of ketones is 1. The van der Waals surface area contributed by atoms with Gasteiger partial charge in [-0.2, -0.15) is 18.3 Å². The number of anilines is 1. The van der Waals surface area contributed by atoms with Crippen molar-refractivity contribution in [3.05, 3.63) is 83.3 Å². The Morgan fingerprint density at radius 2 is 1.73 bits per heavy atom. The Kier molecular flexibility index (Phi) is 7.06. The molecule has 0 spiro atoms. The van der Waals surface area contributed by atoms with Crippen LogP contribution in [0.5, 0.6) is 0 Å². The lowest BCUT2D eigenvalue weighted by molar-refractivity contribution is -0.137. The van der Waals surface area contributed by atoms with E-state index in [1.54, 1.807) is 32.2 Å². The number of rotatable bonds is 7. The molecule has 0 aliphatic rings. The van der Waals surface area contributed by atoms with E-state index in [4.69, 9.17) is 0 Å². The number of alkyl halides is 5. The van der Waals surface area contributed by atoms with Crippen LogP contribution in [0.15, 0.2) is 60.9 Å². The first-order chi connectivity index (χ1) is 17.4. The third-order valence-corrected chi connectivity index (χ3v) is 5.67. The number of nitrogens with zero attached hydrogens (tertiary/aromatic N) is 3. The number of carbonyl (C=O) groups is 2. The Morgan fingerprint density at radius 3 is 2.35 bits per heavy atom. The second-order valence-electron chi connectivity index (χ2n) is 8.72. The molecule has 2 aromatic carbocycles. The average Bonchev–Trinajstić information content (AvgIpc) is 3.26. The Labute approximate surface area is 208 Å². The summed E-state index contributed by atoms with van der Waals surface area (Å²) in [6.07, 6.45) is -4.76. The molecule has 0 saturated heterocycles. The van der Waals surface area contributed by atoms with E-state index in [0.717, 1.165) is 12.1 Å². The molecule has 2 aromatic heterocycles. The molecule has 0 aliphatic carbocycles. The minimum absolute atomic E-state index is 0.0381. The maximum atomic E-state index is 13.5. The van der Waals surface area contributed by atoms with Crippen molar-refractivity contribution in [2.75, 3.05) is 5.32 Å². The molecule has 0 aliphatic heterocycles. The van der Waals surface area contributed by atoms with Crippen molar-refractivity contribution in [2.24, 2.45) is 5.92 Å². The van der Waals surface area contributed by atoms with Crippen LogP contribution in [0, 0.1) is 5.92 Å². The molecule has 37 heavy (non-hydrogen) atoms. The van der Waals surface area contributed by atoms with Crippen LogP contribution < -0.4 is 5.32 Å². The number of halogens is 5. The van der Waals surface area contributed by atoms with E-state index in [2.05, 4.69) is 15.4 Å². The lowest BCUT2D eigenvalue weighted by Gasteiger charge is -2.11. The van der Waals surface area contributed by atoms with Crippen LogP contribution in [0.4, 0.5) is 27.6 Å². The van der Waals surface area contributed by atoms with Gasteiger partial charge in [0.15, 0.2) is 0 Å². The second-order valence-corrected chi connectivity index (χ2v) is 8.72. The zero-order valence-electron chi connectivity index (χ0n) is 19.7. The molecule has 192 valence electrons. The van der Waals surface area contributed by atoms with Crippen molar-refractivity contribution in [3.8, 4) is 5.69 Å². The van der Waals surface area contributed by atoms with E-state index in [9.17, 15) is 31.5 Å². The first kappa shape index (κ1) is 25.9. The van der Waals surface area contributed by atoms with Gasteiger partial charge in [-0.05, 0) is 54.1 Å². The van der Waals surface area contributed by atoms with Gasteiger partial charge in [-0.15, -0.1) is 0 Å². The minimum atomic E-state index is -4.45. The van der Waals surface area contributed by atoms with E-state index in [0.29, 0.717) is 22.2 Å². The summed E-state index contributed by atoms with van der Waals surface area (Å²) in [5.74, 6) is -1.20. The molecule has 1 amide bonds. The van der Waals surface area contributed by atoms with Gasteiger partial charge in [-0.1, -0.05) is 13.8 Å². The molecule has 11 heteroatoms. The Bertz CT molecular complexity index is 1460. The number of Topliss-reactive ketones (excluding diaryl/α,β-unsaturated/α-hetero) is 1. The largest absolute Gasteiger partial charge is 0.416 e. The van der Waals surface area contributed by atoms with E-state index >= 15 is 0 Å². The average molecular weight is 516 g/mol. The number of pyridine rings is 1. The van der Waals surface area contributed by atoms with Crippen molar-refractivity contribution in [1.82, 2.24) is 14.8 Å². The van der Waals surface area contributed by atoms with E-state index in [1.165, 1.54) is 35.1 Å². The monoisotopic (exact) mass is 516 g/mol. The van der Waals surface area contributed by atoms with Crippen LogP contribution in [0.2, 0.25) is 0 Å². The van der Waals surface area contributed by atoms with Gasteiger partial charge in [0.25, 0.3) is 12.3 Å². The van der Waals surface area contributed by atoms with Gasteiger partial charge >= 0.3 is 6.18 Å². The Morgan fingerprint density at radius 1 is 1.03 bits per heavy atom. The van der Waals surface area contributed by atoms with Crippen LogP contribution in [0.3, 0.4) is 0 Å². The van der Waals surface area contributed by atoms with Crippen LogP contribution in [-0.2, 0) is 17.4 Å². The van der Waals surface area contributed by atoms with Crippen molar-refractivity contribution >= 4 is 28.3 Å². The molecular formula is C26H21F5N4O2. The van der Waals surface area contributed by atoms with Gasteiger partial charge in [0, 0.05) is 35.8 Å². The van der Waals surface area contributed by atoms with Crippen LogP contribution in [0.1, 0.15) is 47.5 Å². The normalized spacial score (nSPS) is 11.9. The first-order valence-electron chi connectivity index (χ1n) is 11.2. The SMILES string of the molecule is CC(C)C(=O)Cc1cnc(C(F)F)c(C(=O)Nc2ccc3nn(-c4ccc(C(F)(F)F)cc4)cc3c2)c1. The first-order valence-corrected chi connectivity index (χ1v) is 11.2. The topological polar surface area (TPSA) is 76.9 Å². The van der Waals surface area contributed by atoms with Gasteiger partial charge in [0.1, 0.15) is 11.5 Å². The number of benzene rings is 2. The molecule has 0 fully saturated rings. The molecule has 0 saturated carbocycles. The van der Waals surface area contributed by atoms with Crippen LogP contribution in [-0.4, -0.2) is 26.5 Å². The Balaban J connectivity index is 1.58. The molecular weight excluding hydrogens is 495 g/mol. The van der Waals surface area contributed by atoms with E-state index in [-0.39, 0.29) is 29.4 Å². The highest BCUT2D eigenvalue weighted by atomic mass is 19.4. The fraction of sp³-hybridized carbons (Fsp3) is 0.231. The van der Waals surface area contributed by atoms with Crippen molar-refractivity contribution in [1.29, 1.82) is 0 Å². The quantitative estimate of drug-likeness (QED) is 0.289. The maximum Gasteiger partial charge on any atom is 0.416 e.